The summed E-state index contributed by atoms with van der Waals surface area (Å²) in [5.41, 5.74) is 0.358. The van der Waals surface area contributed by atoms with Gasteiger partial charge in [-0.3, -0.25) is 0 Å². The van der Waals surface area contributed by atoms with Gasteiger partial charge in [0.25, 0.3) is 0 Å². The fraction of sp³-hybridized carbons (Fsp3) is 0.118. The minimum Gasteiger partial charge on any atom is -0.462 e. The van der Waals surface area contributed by atoms with Crippen LogP contribution >= 0.6 is 34.7 Å². The summed E-state index contributed by atoms with van der Waals surface area (Å²) in [6.45, 7) is 2.07. The Kier molecular flexibility index (Phi) is 5.50. The van der Waals surface area contributed by atoms with Gasteiger partial charge in [-0.1, -0.05) is 29.4 Å². The first-order valence-corrected chi connectivity index (χ1v) is 9.26. The predicted octanol–water partition coefficient (Wildman–Crippen LogP) is 5.19. The van der Waals surface area contributed by atoms with Crippen LogP contribution in [0.5, 0.6) is 0 Å². The molecule has 2 aromatic heterocycles. The first-order valence-electron chi connectivity index (χ1n) is 7.19. The van der Waals surface area contributed by atoms with Gasteiger partial charge in [0.1, 0.15) is 10.6 Å². The molecule has 0 atom stereocenters. The number of aromatic nitrogens is 2. The van der Waals surface area contributed by atoms with Crippen LogP contribution in [-0.4, -0.2) is 22.5 Å². The fourth-order valence-electron chi connectivity index (χ4n) is 1.93. The van der Waals surface area contributed by atoms with Gasteiger partial charge in [-0.2, -0.15) is 0 Å². The number of carbonyl (C=O) groups is 1. The van der Waals surface area contributed by atoms with Crippen LogP contribution in [0.3, 0.4) is 0 Å². The van der Waals surface area contributed by atoms with E-state index in [1.807, 2.05) is 29.6 Å². The third kappa shape index (κ3) is 3.95. The predicted molar refractivity (Wildman–Crippen MR) is 96.9 cm³/mol. The molecule has 0 fully saturated rings. The number of benzene rings is 1. The molecule has 0 unspecified atom stereocenters. The zero-order chi connectivity index (χ0) is 16.9. The maximum Gasteiger partial charge on any atom is 0.342 e. The van der Waals surface area contributed by atoms with Gasteiger partial charge in [0, 0.05) is 16.1 Å². The van der Waals surface area contributed by atoms with Crippen molar-refractivity contribution in [1.29, 1.82) is 0 Å². The molecule has 3 rings (SSSR count). The summed E-state index contributed by atoms with van der Waals surface area (Å²) in [7, 11) is 0. The van der Waals surface area contributed by atoms with E-state index < -0.39 is 5.97 Å². The van der Waals surface area contributed by atoms with Gasteiger partial charge < -0.3 is 4.74 Å². The standard InChI is InChI=1S/C17H13ClN2O2S2/c1-2-22-17(21)13-10-19-15(14-4-3-9-23-14)20-16(13)24-12-7-5-11(18)6-8-12/h3-10H,2H2,1H3. The molecule has 122 valence electrons. The normalized spacial score (nSPS) is 10.6. The zero-order valence-corrected chi connectivity index (χ0v) is 15.1. The monoisotopic (exact) mass is 376 g/mol. The molecule has 7 heteroatoms. The lowest BCUT2D eigenvalue weighted by molar-refractivity contribution is 0.0521. The van der Waals surface area contributed by atoms with Crippen LogP contribution in [0.25, 0.3) is 10.7 Å². The average Bonchev–Trinajstić information content (AvgIpc) is 3.12. The van der Waals surface area contributed by atoms with Crippen molar-refractivity contribution in [3.05, 3.63) is 58.6 Å². The van der Waals surface area contributed by atoms with Gasteiger partial charge in [-0.15, -0.1) is 11.3 Å². The molecule has 4 nitrogen and oxygen atoms in total. The highest BCUT2D eigenvalue weighted by atomic mass is 35.5. The van der Waals surface area contributed by atoms with Crippen LogP contribution in [0.15, 0.2) is 57.9 Å². The van der Waals surface area contributed by atoms with E-state index in [4.69, 9.17) is 16.3 Å². The molecule has 0 saturated carbocycles. The Hall–Kier alpha value is -1.89. The van der Waals surface area contributed by atoms with E-state index in [2.05, 4.69) is 9.97 Å². The number of rotatable bonds is 5. The second-order valence-corrected chi connectivity index (χ2v) is 7.11. The largest absolute Gasteiger partial charge is 0.462 e. The Bertz CT molecular complexity index is 836. The lowest BCUT2D eigenvalue weighted by Crippen LogP contribution is -2.08. The molecule has 0 aliphatic rings. The first-order chi connectivity index (χ1) is 11.7. The number of esters is 1. The van der Waals surface area contributed by atoms with Crippen LogP contribution in [0.4, 0.5) is 0 Å². The number of carbonyl (C=O) groups excluding carboxylic acids is 1. The van der Waals surface area contributed by atoms with E-state index in [1.165, 1.54) is 18.0 Å². The smallest absolute Gasteiger partial charge is 0.342 e. The van der Waals surface area contributed by atoms with E-state index in [1.54, 1.807) is 30.4 Å². The Balaban J connectivity index is 1.99. The van der Waals surface area contributed by atoms with Crippen molar-refractivity contribution in [3.63, 3.8) is 0 Å². The molecule has 0 bridgehead atoms. The van der Waals surface area contributed by atoms with Crippen molar-refractivity contribution in [2.24, 2.45) is 0 Å². The number of halogens is 1. The van der Waals surface area contributed by atoms with E-state index in [0.29, 0.717) is 28.0 Å². The Morgan fingerprint density at radius 1 is 1.29 bits per heavy atom. The Morgan fingerprint density at radius 3 is 2.75 bits per heavy atom. The molecule has 2 heterocycles. The topological polar surface area (TPSA) is 52.1 Å². The van der Waals surface area contributed by atoms with E-state index in [-0.39, 0.29) is 0 Å². The van der Waals surface area contributed by atoms with Crippen LogP contribution in [0.2, 0.25) is 5.02 Å². The Morgan fingerprint density at radius 2 is 2.08 bits per heavy atom. The van der Waals surface area contributed by atoms with Crippen LogP contribution in [0.1, 0.15) is 17.3 Å². The maximum absolute atomic E-state index is 12.2. The molecule has 0 aliphatic carbocycles. The molecule has 0 amide bonds. The molecule has 24 heavy (non-hydrogen) atoms. The molecule has 0 saturated heterocycles. The molecular formula is C17H13ClN2O2S2. The molecular weight excluding hydrogens is 364 g/mol. The van der Waals surface area contributed by atoms with Crippen molar-refractivity contribution in [2.45, 2.75) is 16.8 Å². The summed E-state index contributed by atoms with van der Waals surface area (Å²) in [6.07, 6.45) is 1.53. The number of thiophene rings is 1. The summed E-state index contributed by atoms with van der Waals surface area (Å²) >= 11 is 8.85. The van der Waals surface area contributed by atoms with Gasteiger partial charge in [0.15, 0.2) is 5.82 Å². The minimum absolute atomic E-state index is 0.302. The summed E-state index contributed by atoms with van der Waals surface area (Å²) in [5, 5.41) is 3.19. The molecule has 0 radical (unpaired) electrons. The van der Waals surface area contributed by atoms with Crippen molar-refractivity contribution in [2.75, 3.05) is 6.61 Å². The zero-order valence-electron chi connectivity index (χ0n) is 12.7. The summed E-state index contributed by atoms with van der Waals surface area (Å²) < 4.78 is 5.11. The molecule has 1 aromatic carbocycles. The van der Waals surface area contributed by atoms with Gasteiger partial charge in [0.2, 0.25) is 0 Å². The highest BCUT2D eigenvalue weighted by Crippen LogP contribution is 2.32. The lowest BCUT2D eigenvalue weighted by atomic mass is 10.3. The first kappa shape index (κ1) is 17.0. The maximum atomic E-state index is 12.2. The van der Waals surface area contributed by atoms with E-state index in [9.17, 15) is 4.79 Å². The highest BCUT2D eigenvalue weighted by Gasteiger charge is 2.18. The van der Waals surface area contributed by atoms with Gasteiger partial charge in [0.05, 0.1) is 11.5 Å². The number of hydrogen-bond donors (Lipinski definition) is 0. The van der Waals surface area contributed by atoms with Gasteiger partial charge >= 0.3 is 5.97 Å². The van der Waals surface area contributed by atoms with Crippen molar-refractivity contribution < 1.29 is 9.53 Å². The SMILES string of the molecule is CCOC(=O)c1cnc(-c2cccs2)nc1Sc1ccc(Cl)cc1. The van der Waals surface area contributed by atoms with Gasteiger partial charge in [-0.05, 0) is 42.6 Å². The third-order valence-corrected chi connectivity index (χ3v) is 5.15. The third-order valence-electron chi connectivity index (χ3n) is 3.02. The Labute approximate surface area is 152 Å². The van der Waals surface area contributed by atoms with Crippen LogP contribution < -0.4 is 0 Å². The number of hydrogen-bond acceptors (Lipinski definition) is 6. The second-order valence-electron chi connectivity index (χ2n) is 4.67. The van der Waals surface area contributed by atoms with Crippen molar-refractivity contribution >= 4 is 40.7 Å². The van der Waals surface area contributed by atoms with E-state index >= 15 is 0 Å². The quantitative estimate of drug-likeness (QED) is 0.453. The lowest BCUT2D eigenvalue weighted by Gasteiger charge is -2.09. The fourth-order valence-corrected chi connectivity index (χ4v) is 3.60. The summed E-state index contributed by atoms with van der Waals surface area (Å²) in [6, 6.07) is 11.3. The molecule has 0 spiro atoms. The molecule has 0 N–H and O–H groups in total. The second kappa shape index (κ2) is 7.79. The van der Waals surface area contributed by atoms with Crippen molar-refractivity contribution in [1.82, 2.24) is 9.97 Å². The summed E-state index contributed by atoms with van der Waals surface area (Å²) in [5.74, 6) is 0.168. The highest BCUT2D eigenvalue weighted by molar-refractivity contribution is 7.99. The minimum atomic E-state index is -0.424. The summed E-state index contributed by atoms with van der Waals surface area (Å²) in [4.78, 5) is 22.9. The molecule has 0 aliphatic heterocycles. The average molecular weight is 377 g/mol. The van der Waals surface area contributed by atoms with E-state index in [0.717, 1.165) is 9.77 Å². The van der Waals surface area contributed by atoms with Crippen LogP contribution in [-0.2, 0) is 4.74 Å². The van der Waals surface area contributed by atoms with Crippen molar-refractivity contribution in [3.8, 4) is 10.7 Å². The number of nitrogens with zero attached hydrogens (tertiary/aromatic N) is 2. The van der Waals surface area contributed by atoms with Crippen LogP contribution in [0, 0.1) is 0 Å². The molecule has 3 aromatic rings. The number of ether oxygens (including phenoxy) is 1. The van der Waals surface area contributed by atoms with Gasteiger partial charge in [-0.25, -0.2) is 14.8 Å².